The Morgan fingerprint density at radius 3 is 2.84 bits per heavy atom. The molecule has 1 aliphatic rings. The summed E-state index contributed by atoms with van der Waals surface area (Å²) < 4.78 is 2.63. The minimum atomic E-state index is -0.789. The van der Waals surface area contributed by atoms with E-state index >= 15 is 0 Å². The van der Waals surface area contributed by atoms with Gasteiger partial charge in [0, 0.05) is 24.5 Å². The molecule has 0 aromatic carbocycles. The second-order valence-corrected chi connectivity index (χ2v) is 5.28. The second kappa shape index (κ2) is 4.77. The zero-order chi connectivity index (χ0) is 13.4. The van der Waals surface area contributed by atoms with E-state index in [1.54, 1.807) is 12.4 Å². The molecule has 0 aliphatic carbocycles. The number of halogens is 1. The molecule has 19 heavy (non-hydrogen) atoms. The Morgan fingerprint density at radius 1 is 1.42 bits per heavy atom. The zero-order valence-electron chi connectivity index (χ0n) is 10.1. The normalized spacial score (nSPS) is 18.1. The Labute approximate surface area is 118 Å². The summed E-state index contributed by atoms with van der Waals surface area (Å²) in [6.45, 7) is 0.801. The summed E-state index contributed by atoms with van der Waals surface area (Å²) in [4.78, 5) is 19.8. The number of carboxylic acids is 1. The third-order valence-electron chi connectivity index (χ3n) is 3.40. The van der Waals surface area contributed by atoms with E-state index in [4.69, 9.17) is 0 Å². The Hall–Kier alpha value is -1.69. The molecule has 1 unspecified atom stereocenters. The maximum atomic E-state index is 11.3. The summed E-state index contributed by atoms with van der Waals surface area (Å²) >= 11 is 3.40. The van der Waals surface area contributed by atoms with Crippen molar-refractivity contribution in [1.29, 1.82) is 0 Å². The van der Waals surface area contributed by atoms with Crippen LogP contribution in [0.25, 0.3) is 11.4 Å². The molecule has 0 saturated carbocycles. The number of rotatable bonds is 2. The fourth-order valence-electron chi connectivity index (χ4n) is 2.55. The molecule has 2 aromatic heterocycles. The third kappa shape index (κ3) is 2.06. The first-order valence-corrected chi connectivity index (χ1v) is 6.87. The van der Waals surface area contributed by atoms with E-state index in [0.29, 0.717) is 11.0 Å². The lowest BCUT2D eigenvalue weighted by Crippen LogP contribution is -2.22. The number of carbonyl (C=O) groups is 1. The summed E-state index contributed by atoms with van der Waals surface area (Å²) in [5, 5.41) is 9.32. The maximum Gasteiger partial charge on any atom is 0.312 e. The first-order valence-electron chi connectivity index (χ1n) is 6.07. The summed E-state index contributed by atoms with van der Waals surface area (Å²) in [5.41, 5.74) is 1.72. The SMILES string of the molecule is O=C(O)C1CCCn2c(-c3ccncc3)nc(Br)c21. The molecule has 0 radical (unpaired) electrons. The molecule has 1 aliphatic heterocycles. The largest absolute Gasteiger partial charge is 0.481 e. The number of imidazole rings is 1. The van der Waals surface area contributed by atoms with Crippen LogP contribution in [0.1, 0.15) is 24.5 Å². The van der Waals surface area contributed by atoms with Crippen LogP contribution >= 0.6 is 15.9 Å². The number of hydrogen-bond donors (Lipinski definition) is 1. The van der Waals surface area contributed by atoms with Crippen LogP contribution in [0, 0.1) is 0 Å². The van der Waals surface area contributed by atoms with Gasteiger partial charge in [-0.3, -0.25) is 9.78 Å². The van der Waals surface area contributed by atoms with Gasteiger partial charge in [0.15, 0.2) is 0 Å². The highest BCUT2D eigenvalue weighted by atomic mass is 79.9. The predicted molar refractivity (Wildman–Crippen MR) is 72.8 cm³/mol. The molecule has 0 bridgehead atoms. The molecular formula is C13H12BrN3O2. The van der Waals surface area contributed by atoms with Crippen LogP contribution in [0.3, 0.4) is 0 Å². The summed E-state index contributed by atoms with van der Waals surface area (Å²) in [6, 6.07) is 3.76. The van der Waals surface area contributed by atoms with Crippen molar-refractivity contribution in [3.8, 4) is 11.4 Å². The minimum Gasteiger partial charge on any atom is -0.481 e. The van der Waals surface area contributed by atoms with Gasteiger partial charge >= 0.3 is 5.97 Å². The molecule has 3 heterocycles. The Balaban J connectivity index is 2.15. The van der Waals surface area contributed by atoms with E-state index in [0.717, 1.165) is 30.0 Å². The van der Waals surface area contributed by atoms with Gasteiger partial charge in [-0.05, 0) is 40.9 Å². The fraction of sp³-hybridized carbons (Fsp3) is 0.308. The quantitative estimate of drug-likeness (QED) is 0.923. The second-order valence-electron chi connectivity index (χ2n) is 4.53. The van der Waals surface area contributed by atoms with Gasteiger partial charge in [-0.1, -0.05) is 0 Å². The third-order valence-corrected chi connectivity index (χ3v) is 3.99. The first kappa shape index (κ1) is 12.3. The highest BCUT2D eigenvalue weighted by Gasteiger charge is 2.31. The molecule has 1 atom stereocenters. The lowest BCUT2D eigenvalue weighted by atomic mass is 9.96. The van der Waals surface area contributed by atoms with Gasteiger partial charge in [-0.15, -0.1) is 0 Å². The number of fused-ring (bicyclic) bond motifs is 1. The van der Waals surface area contributed by atoms with E-state index in [2.05, 4.69) is 25.9 Å². The van der Waals surface area contributed by atoms with Crippen molar-refractivity contribution < 1.29 is 9.90 Å². The van der Waals surface area contributed by atoms with Crippen molar-refractivity contribution in [1.82, 2.24) is 14.5 Å². The maximum absolute atomic E-state index is 11.3. The zero-order valence-corrected chi connectivity index (χ0v) is 11.7. The van der Waals surface area contributed by atoms with Gasteiger partial charge in [0.2, 0.25) is 0 Å². The molecule has 0 fully saturated rings. The molecule has 2 aromatic rings. The summed E-state index contributed by atoms with van der Waals surface area (Å²) in [7, 11) is 0. The molecular weight excluding hydrogens is 310 g/mol. The first-order chi connectivity index (χ1) is 9.18. The van der Waals surface area contributed by atoms with Crippen molar-refractivity contribution in [3.05, 3.63) is 34.8 Å². The minimum absolute atomic E-state index is 0.480. The topological polar surface area (TPSA) is 68.0 Å². The number of hydrogen-bond acceptors (Lipinski definition) is 3. The molecule has 0 spiro atoms. The van der Waals surface area contributed by atoms with E-state index in [1.807, 2.05) is 16.7 Å². The Morgan fingerprint density at radius 2 is 2.16 bits per heavy atom. The van der Waals surface area contributed by atoms with Crippen molar-refractivity contribution in [2.45, 2.75) is 25.3 Å². The monoisotopic (exact) mass is 321 g/mol. The van der Waals surface area contributed by atoms with Crippen molar-refractivity contribution in [2.24, 2.45) is 0 Å². The van der Waals surface area contributed by atoms with E-state index in [-0.39, 0.29) is 0 Å². The standard InChI is InChI=1S/C13H12BrN3O2/c14-11-10-9(13(18)19)2-1-7-17(10)12(16-11)8-3-5-15-6-4-8/h3-6,9H,1-2,7H2,(H,18,19). The van der Waals surface area contributed by atoms with Gasteiger partial charge in [-0.2, -0.15) is 0 Å². The van der Waals surface area contributed by atoms with Crippen molar-refractivity contribution in [3.63, 3.8) is 0 Å². The van der Waals surface area contributed by atoms with Gasteiger partial charge in [0.25, 0.3) is 0 Å². The lowest BCUT2D eigenvalue weighted by Gasteiger charge is -2.22. The van der Waals surface area contributed by atoms with Gasteiger partial charge in [0.1, 0.15) is 10.4 Å². The number of carboxylic acid groups (broad SMARTS) is 1. The number of nitrogens with zero attached hydrogens (tertiary/aromatic N) is 3. The number of aromatic nitrogens is 3. The van der Waals surface area contributed by atoms with Crippen molar-refractivity contribution in [2.75, 3.05) is 0 Å². The van der Waals surface area contributed by atoms with Gasteiger partial charge in [0.05, 0.1) is 11.6 Å². The van der Waals surface area contributed by atoms with Crippen LogP contribution in [-0.2, 0) is 11.3 Å². The molecule has 0 saturated heterocycles. The number of aliphatic carboxylic acids is 1. The van der Waals surface area contributed by atoms with Crippen LogP contribution < -0.4 is 0 Å². The van der Waals surface area contributed by atoms with E-state index in [1.165, 1.54) is 0 Å². The van der Waals surface area contributed by atoms with Crippen LogP contribution in [-0.4, -0.2) is 25.6 Å². The molecule has 3 rings (SSSR count). The molecule has 1 N–H and O–H groups in total. The molecule has 5 nitrogen and oxygen atoms in total. The lowest BCUT2D eigenvalue weighted by molar-refractivity contribution is -0.139. The van der Waals surface area contributed by atoms with Gasteiger partial charge in [-0.25, -0.2) is 4.98 Å². The van der Waals surface area contributed by atoms with Crippen LogP contribution in [0.2, 0.25) is 0 Å². The van der Waals surface area contributed by atoms with Crippen LogP contribution in [0.15, 0.2) is 29.1 Å². The predicted octanol–water partition coefficient (Wildman–Crippen LogP) is 2.67. The Kier molecular flexibility index (Phi) is 3.10. The summed E-state index contributed by atoms with van der Waals surface area (Å²) in [6.07, 6.45) is 4.94. The smallest absolute Gasteiger partial charge is 0.312 e. The average molecular weight is 322 g/mol. The van der Waals surface area contributed by atoms with E-state index in [9.17, 15) is 9.90 Å². The van der Waals surface area contributed by atoms with Crippen molar-refractivity contribution >= 4 is 21.9 Å². The van der Waals surface area contributed by atoms with Crippen LogP contribution in [0.5, 0.6) is 0 Å². The van der Waals surface area contributed by atoms with Crippen LogP contribution in [0.4, 0.5) is 0 Å². The Bertz CT molecular complexity index is 624. The molecule has 98 valence electrons. The fourth-order valence-corrected chi connectivity index (χ4v) is 3.20. The highest BCUT2D eigenvalue weighted by Crippen LogP contribution is 2.36. The highest BCUT2D eigenvalue weighted by molar-refractivity contribution is 9.10. The molecule has 6 heteroatoms. The number of pyridine rings is 1. The average Bonchev–Trinajstić information content (AvgIpc) is 2.77. The summed E-state index contributed by atoms with van der Waals surface area (Å²) in [5.74, 6) is -0.468. The molecule has 0 amide bonds. The van der Waals surface area contributed by atoms with Gasteiger partial charge < -0.3 is 9.67 Å². The van der Waals surface area contributed by atoms with E-state index < -0.39 is 11.9 Å².